The second-order valence-corrected chi connectivity index (χ2v) is 6.71. The van der Waals surface area contributed by atoms with Gasteiger partial charge in [-0.3, -0.25) is 9.67 Å². The molecule has 2 aromatic rings. The minimum Gasteiger partial charge on any atom is -0.475 e. The Morgan fingerprint density at radius 1 is 1.35 bits per heavy atom. The summed E-state index contributed by atoms with van der Waals surface area (Å²) in [5, 5.41) is 12.9. The van der Waals surface area contributed by atoms with Gasteiger partial charge in [-0.2, -0.15) is 18.3 Å². The van der Waals surface area contributed by atoms with Crippen LogP contribution in [0.3, 0.4) is 0 Å². The zero-order valence-electron chi connectivity index (χ0n) is 14.9. The fraction of sp³-hybridized carbons (Fsp3) is 0.500. The van der Waals surface area contributed by atoms with Crippen LogP contribution < -0.4 is 0 Å². The Morgan fingerprint density at radius 3 is 2.50 bits per heavy atom. The number of aliphatic carboxylic acids is 1. The molecule has 5 nitrogen and oxygen atoms in total. The van der Waals surface area contributed by atoms with Crippen LogP contribution in [0, 0.1) is 5.92 Å². The molecule has 0 fully saturated rings. The molecule has 0 saturated heterocycles. The summed E-state index contributed by atoms with van der Waals surface area (Å²) in [4.78, 5) is 13.6. The highest BCUT2D eigenvalue weighted by Gasteiger charge is 2.38. The van der Waals surface area contributed by atoms with Crippen LogP contribution in [0.2, 0.25) is 0 Å². The van der Waals surface area contributed by atoms with Gasteiger partial charge >= 0.3 is 12.1 Å². The lowest BCUT2D eigenvalue weighted by Gasteiger charge is -2.17. The lowest BCUT2D eigenvalue weighted by molar-refractivity contribution is -0.192. The van der Waals surface area contributed by atoms with E-state index in [-0.39, 0.29) is 0 Å². The lowest BCUT2D eigenvalue weighted by Crippen LogP contribution is -2.21. The van der Waals surface area contributed by atoms with Gasteiger partial charge in [0.25, 0.3) is 0 Å². The van der Waals surface area contributed by atoms with Gasteiger partial charge in [0.05, 0.1) is 5.52 Å². The maximum atomic E-state index is 10.6. The molecule has 142 valence electrons. The highest BCUT2D eigenvalue weighted by molar-refractivity contribution is 6.03. The maximum Gasteiger partial charge on any atom is 0.490 e. The van der Waals surface area contributed by atoms with Gasteiger partial charge in [0.15, 0.2) is 0 Å². The average molecular weight is 369 g/mol. The number of hydrogen-bond donors (Lipinski definition) is 1. The number of alkyl halides is 3. The van der Waals surface area contributed by atoms with Crippen molar-refractivity contribution >= 4 is 22.6 Å². The van der Waals surface area contributed by atoms with Gasteiger partial charge in [0.2, 0.25) is 0 Å². The summed E-state index contributed by atoms with van der Waals surface area (Å²) in [6, 6.07) is 6.92. The number of carboxylic acid groups (broad SMARTS) is 1. The zero-order valence-corrected chi connectivity index (χ0v) is 14.9. The molecule has 1 atom stereocenters. The summed E-state index contributed by atoms with van der Waals surface area (Å²) in [6.07, 6.45) is -0.595. The topological polar surface area (TPSA) is 67.5 Å². The van der Waals surface area contributed by atoms with Crippen molar-refractivity contribution in [1.82, 2.24) is 9.78 Å². The number of carbonyl (C=O) groups is 1. The molecule has 0 spiro atoms. The van der Waals surface area contributed by atoms with Crippen molar-refractivity contribution < 1.29 is 23.1 Å². The summed E-state index contributed by atoms with van der Waals surface area (Å²) in [7, 11) is 0. The van der Waals surface area contributed by atoms with Crippen molar-refractivity contribution in [2.75, 3.05) is 6.54 Å². The van der Waals surface area contributed by atoms with Crippen molar-refractivity contribution in [3.05, 3.63) is 30.0 Å². The third-order valence-corrected chi connectivity index (χ3v) is 4.09. The van der Waals surface area contributed by atoms with E-state index in [2.05, 4.69) is 50.3 Å². The molecular weight excluding hydrogens is 347 g/mol. The van der Waals surface area contributed by atoms with Gasteiger partial charge in [-0.05, 0) is 50.3 Å². The molecule has 1 aromatic heterocycles. The summed E-state index contributed by atoms with van der Waals surface area (Å²) in [5.41, 5.74) is 3.60. The second kappa shape index (κ2) is 7.88. The van der Waals surface area contributed by atoms with E-state index in [0.717, 1.165) is 24.4 Å². The van der Waals surface area contributed by atoms with Crippen LogP contribution in [0.5, 0.6) is 0 Å². The van der Waals surface area contributed by atoms with E-state index in [1.807, 2.05) is 4.68 Å². The predicted molar refractivity (Wildman–Crippen MR) is 93.6 cm³/mol. The molecule has 3 rings (SSSR count). The van der Waals surface area contributed by atoms with Crippen LogP contribution in [0.25, 0.3) is 10.9 Å². The first-order chi connectivity index (χ1) is 12.1. The van der Waals surface area contributed by atoms with Crippen molar-refractivity contribution in [3.8, 4) is 0 Å². The van der Waals surface area contributed by atoms with E-state index in [0.29, 0.717) is 6.04 Å². The molecule has 0 aliphatic carbocycles. The summed E-state index contributed by atoms with van der Waals surface area (Å²) < 4.78 is 33.8. The molecule has 1 aliphatic rings. The van der Waals surface area contributed by atoms with E-state index >= 15 is 0 Å². The number of hydrogen-bond acceptors (Lipinski definition) is 3. The number of nitrogens with zero attached hydrogens (tertiary/aromatic N) is 3. The first-order valence-electron chi connectivity index (χ1n) is 8.40. The van der Waals surface area contributed by atoms with Crippen molar-refractivity contribution in [1.29, 1.82) is 0 Å². The fourth-order valence-corrected chi connectivity index (χ4v) is 2.54. The van der Waals surface area contributed by atoms with E-state index in [1.165, 1.54) is 23.1 Å². The number of rotatable bonds is 2. The quantitative estimate of drug-likeness (QED) is 0.849. The van der Waals surface area contributed by atoms with Crippen molar-refractivity contribution in [2.45, 2.75) is 45.8 Å². The molecule has 1 aromatic carbocycles. The molecule has 1 aliphatic heterocycles. The van der Waals surface area contributed by atoms with E-state index in [1.54, 1.807) is 0 Å². The summed E-state index contributed by atoms with van der Waals surface area (Å²) in [5.74, 6) is -2.02. The molecular formula is C18H22F3N3O2. The lowest BCUT2D eigenvalue weighted by atomic mass is 9.95. The molecule has 0 bridgehead atoms. The van der Waals surface area contributed by atoms with Gasteiger partial charge < -0.3 is 5.11 Å². The third kappa shape index (κ3) is 5.06. The molecule has 1 unspecified atom stereocenters. The molecule has 0 saturated carbocycles. The predicted octanol–water partition coefficient (Wildman–Crippen LogP) is 4.47. The van der Waals surface area contributed by atoms with Crippen LogP contribution in [0.1, 0.15) is 45.2 Å². The van der Waals surface area contributed by atoms with Crippen molar-refractivity contribution in [3.63, 3.8) is 0 Å². The zero-order chi connectivity index (χ0) is 19.5. The Labute approximate surface area is 149 Å². The number of benzene rings is 1. The monoisotopic (exact) mass is 369 g/mol. The largest absolute Gasteiger partial charge is 0.490 e. The summed E-state index contributed by atoms with van der Waals surface area (Å²) in [6.45, 7) is 7.55. The number of aromatic nitrogens is 2. The summed E-state index contributed by atoms with van der Waals surface area (Å²) >= 11 is 0. The van der Waals surface area contributed by atoms with Gasteiger partial charge in [0.1, 0.15) is 0 Å². The van der Waals surface area contributed by atoms with E-state index < -0.39 is 12.1 Å². The molecule has 0 radical (unpaired) electrons. The Balaban J connectivity index is 0.000000298. The minimum atomic E-state index is -5.08. The number of fused-ring (bicyclic) bond motifs is 1. The first-order valence-corrected chi connectivity index (χ1v) is 8.40. The number of halogens is 3. The van der Waals surface area contributed by atoms with Gasteiger partial charge in [-0.25, -0.2) is 4.79 Å². The number of carboxylic acids is 1. The van der Waals surface area contributed by atoms with Gasteiger partial charge in [-0.15, -0.1) is 0 Å². The Hall–Kier alpha value is -2.38. The minimum absolute atomic E-state index is 0.406. The van der Waals surface area contributed by atoms with Crippen LogP contribution in [-0.4, -0.2) is 39.3 Å². The Bertz CT molecular complexity index is 810. The highest BCUT2D eigenvalue weighted by Crippen LogP contribution is 2.22. The smallest absolute Gasteiger partial charge is 0.475 e. The highest BCUT2D eigenvalue weighted by atomic mass is 19.4. The van der Waals surface area contributed by atoms with E-state index in [9.17, 15) is 13.2 Å². The van der Waals surface area contributed by atoms with Crippen LogP contribution in [0.15, 0.2) is 29.4 Å². The van der Waals surface area contributed by atoms with Gasteiger partial charge in [0, 0.05) is 29.9 Å². The van der Waals surface area contributed by atoms with Gasteiger partial charge in [-0.1, -0.05) is 13.0 Å². The SMILES string of the molecule is CC1CCC(c2ccc3nn(C(C)C)cc3c2)=NC1.O=C(O)C(F)(F)F. The molecule has 0 amide bonds. The first kappa shape index (κ1) is 19.9. The molecule has 8 heteroatoms. The molecule has 1 N–H and O–H groups in total. The Kier molecular flexibility index (Phi) is 6.05. The maximum absolute atomic E-state index is 10.6. The fourth-order valence-electron chi connectivity index (χ4n) is 2.54. The van der Waals surface area contributed by atoms with Crippen LogP contribution >= 0.6 is 0 Å². The molecule has 26 heavy (non-hydrogen) atoms. The Morgan fingerprint density at radius 2 is 2.00 bits per heavy atom. The van der Waals surface area contributed by atoms with Crippen molar-refractivity contribution in [2.24, 2.45) is 10.9 Å². The normalized spacial score (nSPS) is 17.7. The number of aliphatic imine (C=N–C) groups is 1. The molecule has 2 heterocycles. The second-order valence-electron chi connectivity index (χ2n) is 6.71. The van der Waals surface area contributed by atoms with E-state index in [4.69, 9.17) is 14.9 Å². The standard InChI is InChI=1S/C16H21N3.C2HF3O2/c1-11(2)19-10-14-8-13(5-7-16(14)18-19)15-6-4-12(3)9-17-15;3-2(4,5)1(6)7/h5,7-8,10-12H,4,6,9H2,1-3H3;(H,6,7). The third-order valence-electron chi connectivity index (χ3n) is 4.09. The van der Waals surface area contributed by atoms with Crippen LogP contribution in [0.4, 0.5) is 13.2 Å². The average Bonchev–Trinajstić information content (AvgIpc) is 2.98. The van der Waals surface area contributed by atoms with Crippen LogP contribution in [-0.2, 0) is 4.79 Å².